The van der Waals surface area contributed by atoms with Gasteiger partial charge in [-0.1, -0.05) is 35.9 Å². The van der Waals surface area contributed by atoms with Crippen molar-refractivity contribution in [3.63, 3.8) is 0 Å². The molecule has 1 N–H and O–H groups in total. The topological polar surface area (TPSA) is 50.8 Å². The minimum absolute atomic E-state index is 0.0916. The summed E-state index contributed by atoms with van der Waals surface area (Å²) in [6, 6.07) is 14.8. The highest BCUT2D eigenvalue weighted by Gasteiger charge is 2.24. The summed E-state index contributed by atoms with van der Waals surface area (Å²) >= 11 is 0. The third-order valence-corrected chi connectivity index (χ3v) is 5.61. The van der Waals surface area contributed by atoms with Crippen molar-refractivity contribution >= 4 is 5.91 Å². The van der Waals surface area contributed by atoms with Gasteiger partial charge in [-0.05, 0) is 62.5 Å². The molecule has 1 amide bonds. The van der Waals surface area contributed by atoms with Crippen molar-refractivity contribution in [1.82, 2.24) is 10.2 Å². The Morgan fingerprint density at radius 2 is 1.82 bits per heavy atom. The number of hydrogen-bond donors (Lipinski definition) is 1. The smallest absolute Gasteiger partial charge is 0.231 e. The highest BCUT2D eigenvalue weighted by molar-refractivity contribution is 5.76. The Morgan fingerprint density at radius 3 is 2.61 bits per heavy atom. The van der Waals surface area contributed by atoms with Crippen molar-refractivity contribution in [3.8, 4) is 11.5 Å². The number of likely N-dealkylation sites (tertiary alicyclic amines) is 1. The molecule has 1 saturated heterocycles. The normalized spacial score (nSPS) is 16.9. The van der Waals surface area contributed by atoms with Gasteiger partial charge in [0, 0.05) is 13.0 Å². The van der Waals surface area contributed by atoms with Gasteiger partial charge in [-0.25, -0.2) is 0 Å². The van der Waals surface area contributed by atoms with E-state index in [9.17, 15) is 4.79 Å². The van der Waals surface area contributed by atoms with Gasteiger partial charge in [0.25, 0.3) is 0 Å². The number of hydrogen-bond acceptors (Lipinski definition) is 4. The fourth-order valence-electron chi connectivity index (χ4n) is 3.95. The maximum absolute atomic E-state index is 12.5. The van der Waals surface area contributed by atoms with Crippen molar-refractivity contribution in [1.29, 1.82) is 0 Å². The van der Waals surface area contributed by atoms with Gasteiger partial charge in [0.05, 0.1) is 6.04 Å². The van der Waals surface area contributed by atoms with Gasteiger partial charge in [-0.3, -0.25) is 9.69 Å². The number of aryl methyl sites for hydroxylation is 2. The van der Waals surface area contributed by atoms with Crippen molar-refractivity contribution in [2.45, 2.75) is 38.6 Å². The van der Waals surface area contributed by atoms with Crippen molar-refractivity contribution < 1.29 is 14.3 Å². The van der Waals surface area contributed by atoms with Gasteiger partial charge in [0.15, 0.2) is 11.5 Å². The number of amides is 1. The first-order valence-electron chi connectivity index (χ1n) is 10.1. The van der Waals surface area contributed by atoms with Crippen molar-refractivity contribution in [2.75, 3.05) is 26.4 Å². The van der Waals surface area contributed by atoms with Gasteiger partial charge in [-0.2, -0.15) is 0 Å². The molecule has 1 unspecified atom stereocenters. The molecule has 0 aliphatic carbocycles. The average molecular weight is 380 g/mol. The second-order valence-electron chi connectivity index (χ2n) is 7.66. The van der Waals surface area contributed by atoms with Gasteiger partial charge in [0.1, 0.15) is 0 Å². The van der Waals surface area contributed by atoms with Crippen LogP contribution < -0.4 is 14.8 Å². The lowest BCUT2D eigenvalue weighted by Crippen LogP contribution is -2.36. The number of ether oxygens (including phenoxy) is 2. The molecule has 0 radical (unpaired) electrons. The molecular formula is C23H28N2O3. The highest BCUT2D eigenvalue weighted by Crippen LogP contribution is 2.32. The molecule has 2 aliphatic rings. The van der Waals surface area contributed by atoms with Crippen molar-refractivity contribution in [3.05, 3.63) is 59.2 Å². The summed E-state index contributed by atoms with van der Waals surface area (Å²) in [7, 11) is 0. The van der Waals surface area contributed by atoms with Gasteiger partial charge >= 0.3 is 0 Å². The Morgan fingerprint density at radius 1 is 1.07 bits per heavy atom. The second-order valence-corrected chi connectivity index (χ2v) is 7.66. The van der Waals surface area contributed by atoms with Gasteiger partial charge < -0.3 is 14.8 Å². The van der Waals surface area contributed by atoms with E-state index < -0.39 is 0 Å². The van der Waals surface area contributed by atoms with Crippen LogP contribution in [0.2, 0.25) is 0 Å². The van der Waals surface area contributed by atoms with Crippen LogP contribution in [0.3, 0.4) is 0 Å². The predicted molar refractivity (Wildman–Crippen MR) is 109 cm³/mol. The van der Waals surface area contributed by atoms with Crippen LogP contribution in [0.15, 0.2) is 42.5 Å². The molecule has 1 fully saturated rings. The largest absolute Gasteiger partial charge is 0.454 e. The lowest BCUT2D eigenvalue weighted by atomic mass is 10.0. The fourth-order valence-corrected chi connectivity index (χ4v) is 3.95. The molecule has 0 aromatic heterocycles. The average Bonchev–Trinajstić information content (AvgIpc) is 3.39. The number of rotatable bonds is 7. The fraction of sp³-hybridized carbons (Fsp3) is 0.435. The Balaban J connectivity index is 1.32. The number of carbonyl (C=O) groups excluding carboxylic acids is 1. The van der Waals surface area contributed by atoms with Crippen LogP contribution in [0, 0.1) is 6.92 Å². The van der Waals surface area contributed by atoms with Crippen LogP contribution >= 0.6 is 0 Å². The summed E-state index contributed by atoms with van der Waals surface area (Å²) in [5, 5.41) is 3.16. The van der Waals surface area contributed by atoms with Crippen LogP contribution in [0.25, 0.3) is 0 Å². The Bertz CT molecular complexity index is 813. The van der Waals surface area contributed by atoms with Crippen LogP contribution in [0.5, 0.6) is 11.5 Å². The van der Waals surface area contributed by atoms with Crippen LogP contribution in [0.1, 0.15) is 42.0 Å². The van der Waals surface area contributed by atoms with Crippen LogP contribution in [-0.2, 0) is 11.2 Å². The summed E-state index contributed by atoms with van der Waals surface area (Å²) in [6.45, 7) is 5.24. The van der Waals surface area contributed by atoms with E-state index in [2.05, 4.69) is 41.4 Å². The highest BCUT2D eigenvalue weighted by atomic mass is 16.7. The number of nitrogens with one attached hydrogen (secondary N) is 1. The standard InChI is InChI=1S/C23H28N2O3/c1-17-4-8-19(9-5-17)20(25-12-2-3-13-25)15-24-23(26)11-7-18-6-10-21-22(14-18)28-16-27-21/h4-6,8-10,14,20H,2-3,7,11-13,15-16H2,1H3,(H,24,26). The Kier molecular flexibility index (Phi) is 5.81. The summed E-state index contributed by atoms with van der Waals surface area (Å²) in [4.78, 5) is 15.0. The summed E-state index contributed by atoms with van der Waals surface area (Å²) < 4.78 is 10.7. The third-order valence-electron chi connectivity index (χ3n) is 5.61. The molecule has 5 nitrogen and oxygen atoms in total. The Hall–Kier alpha value is -2.53. The molecule has 2 aliphatic heterocycles. The number of fused-ring (bicyclic) bond motifs is 1. The van der Waals surface area contributed by atoms with E-state index in [1.807, 2.05) is 18.2 Å². The van der Waals surface area contributed by atoms with E-state index in [0.717, 1.165) is 30.2 Å². The minimum atomic E-state index is 0.0916. The van der Waals surface area contributed by atoms with E-state index in [1.54, 1.807) is 0 Å². The maximum Gasteiger partial charge on any atom is 0.231 e. The first kappa shape index (κ1) is 18.8. The molecule has 2 heterocycles. The van der Waals surface area contributed by atoms with E-state index in [4.69, 9.17) is 9.47 Å². The first-order chi connectivity index (χ1) is 13.7. The van der Waals surface area contributed by atoms with E-state index in [0.29, 0.717) is 19.4 Å². The SMILES string of the molecule is Cc1ccc(C(CNC(=O)CCc2ccc3c(c2)OCO3)N2CCCC2)cc1. The molecule has 2 aromatic rings. The molecule has 4 rings (SSSR count). The zero-order valence-electron chi connectivity index (χ0n) is 16.4. The predicted octanol–water partition coefficient (Wildman–Crippen LogP) is 3.61. The summed E-state index contributed by atoms with van der Waals surface area (Å²) in [5.74, 6) is 1.64. The summed E-state index contributed by atoms with van der Waals surface area (Å²) in [6.07, 6.45) is 3.64. The molecule has 0 bridgehead atoms. The molecule has 0 spiro atoms. The first-order valence-corrected chi connectivity index (χ1v) is 10.1. The molecule has 148 valence electrons. The van der Waals surface area contributed by atoms with Gasteiger partial charge in [0.2, 0.25) is 12.7 Å². The zero-order valence-corrected chi connectivity index (χ0v) is 16.4. The molecule has 2 aromatic carbocycles. The number of nitrogens with zero attached hydrogens (tertiary/aromatic N) is 1. The van der Waals surface area contributed by atoms with E-state index in [-0.39, 0.29) is 18.7 Å². The van der Waals surface area contributed by atoms with E-state index in [1.165, 1.54) is 24.0 Å². The minimum Gasteiger partial charge on any atom is -0.454 e. The lowest BCUT2D eigenvalue weighted by Gasteiger charge is -2.28. The maximum atomic E-state index is 12.5. The molecule has 1 atom stereocenters. The molecule has 0 saturated carbocycles. The number of benzene rings is 2. The van der Waals surface area contributed by atoms with E-state index >= 15 is 0 Å². The van der Waals surface area contributed by atoms with Crippen molar-refractivity contribution in [2.24, 2.45) is 0 Å². The monoisotopic (exact) mass is 380 g/mol. The Labute approximate surface area is 166 Å². The molecule has 28 heavy (non-hydrogen) atoms. The molecule has 5 heteroatoms. The summed E-state index contributed by atoms with van der Waals surface area (Å²) in [5.41, 5.74) is 3.63. The van der Waals surface area contributed by atoms with Gasteiger partial charge in [-0.15, -0.1) is 0 Å². The number of carbonyl (C=O) groups is 1. The molecular weight excluding hydrogens is 352 g/mol. The lowest BCUT2D eigenvalue weighted by molar-refractivity contribution is -0.121. The zero-order chi connectivity index (χ0) is 19.3. The van der Waals surface area contributed by atoms with Crippen LogP contribution in [-0.4, -0.2) is 37.2 Å². The quantitative estimate of drug-likeness (QED) is 0.797. The third kappa shape index (κ3) is 4.47. The second kappa shape index (κ2) is 8.65. The van der Waals surface area contributed by atoms with Crippen LogP contribution in [0.4, 0.5) is 0 Å².